The second kappa shape index (κ2) is 6.24. The number of ether oxygens (including phenoxy) is 1. The molecule has 0 bridgehead atoms. The van der Waals surface area contributed by atoms with Gasteiger partial charge in [0.15, 0.2) is 0 Å². The molecule has 0 amide bonds. The Kier molecular flexibility index (Phi) is 4.62. The van der Waals surface area contributed by atoms with Crippen molar-refractivity contribution in [3.63, 3.8) is 0 Å². The minimum absolute atomic E-state index is 0.0349. The molecule has 0 saturated heterocycles. The summed E-state index contributed by atoms with van der Waals surface area (Å²) in [6.45, 7) is 1.96. The molecule has 2 rings (SSSR count). The molecule has 0 spiro atoms. The number of aryl methyl sites for hydroxylation is 1. The summed E-state index contributed by atoms with van der Waals surface area (Å²) in [7, 11) is 0. The fourth-order valence-electron chi connectivity index (χ4n) is 1.79. The monoisotopic (exact) mass is 355 g/mol. The lowest BCUT2D eigenvalue weighted by atomic mass is 10.2. The molecule has 0 N–H and O–H groups in total. The molecule has 0 heterocycles. The highest BCUT2D eigenvalue weighted by molar-refractivity contribution is 9.10. The second-order valence-electron chi connectivity index (χ2n) is 4.19. The first-order valence-electron chi connectivity index (χ1n) is 5.80. The van der Waals surface area contributed by atoms with Crippen LogP contribution in [-0.2, 0) is 6.61 Å². The first kappa shape index (κ1) is 14.8. The zero-order valence-corrected chi connectivity index (χ0v) is 12.9. The fourth-order valence-corrected chi connectivity index (χ4v) is 2.49. The van der Waals surface area contributed by atoms with E-state index in [2.05, 4.69) is 15.9 Å². The quantitative estimate of drug-likeness (QED) is 0.578. The third-order valence-electron chi connectivity index (χ3n) is 2.80. The Balaban J connectivity index is 2.25. The maximum atomic E-state index is 11.0. The average molecular weight is 357 g/mol. The fraction of sp³-hybridized carbons (Fsp3) is 0.143. The molecule has 2 aromatic carbocycles. The molecule has 0 aliphatic heterocycles. The largest absolute Gasteiger partial charge is 0.488 e. The van der Waals surface area contributed by atoms with Crippen molar-refractivity contribution in [3.05, 3.63) is 67.1 Å². The molecule has 20 heavy (non-hydrogen) atoms. The van der Waals surface area contributed by atoms with Crippen molar-refractivity contribution in [2.75, 3.05) is 0 Å². The maximum Gasteiger partial charge on any atom is 0.277 e. The van der Waals surface area contributed by atoms with Crippen molar-refractivity contribution in [2.24, 2.45) is 0 Å². The summed E-state index contributed by atoms with van der Waals surface area (Å²) < 4.78 is 6.59. The Morgan fingerprint density at radius 2 is 2.10 bits per heavy atom. The van der Waals surface area contributed by atoms with E-state index in [0.717, 1.165) is 10.0 Å². The van der Waals surface area contributed by atoms with E-state index < -0.39 is 4.92 Å². The highest BCUT2D eigenvalue weighted by atomic mass is 79.9. The van der Waals surface area contributed by atoms with Gasteiger partial charge in [0.25, 0.3) is 5.69 Å². The molecule has 4 nitrogen and oxygen atoms in total. The summed E-state index contributed by atoms with van der Waals surface area (Å²) in [5.41, 5.74) is 1.28. The van der Waals surface area contributed by atoms with Crippen LogP contribution < -0.4 is 4.74 Å². The maximum absolute atomic E-state index is 11.0. The van der Waals surface area contributed by atoms with Crippen LogP contribution in [0.2, 0.25) is 5.02 Å². The van der Waals surface area contributed by atoms with Gasteiger partial charge in [-0.2, -0.15) is 0 Å². The van der Waals surface area contributed by atoms with Gasteiger partial charge in [-0.25, -0.2) is 0 Å². The SMILES string of the molecule is Cc1cc(Br)ccc1OCc1c(Cl)cccc1[N+](=O)[O-]. The van der Waals surface area contributed by atoms with Crippen molar-refractivity contribution in [3.8, 4) is 5.75 Å². The second-order valence-corrected chi connectivity index (χ2v) is 5.52. The van der Waals surface area contributed by atoms with Gasteiger partial charge in [0.1, 0.15) is 12.4 Å². The van der Waals surface area contributed by atoms with Gasteiger partial charge in [0, 0.05) is 10.5 Å². The van der Waals surface area contributed by atoms with Crippen molar-refractivity contribution in [1.29, 1.82) is 0 Å². The molecule has 0 unspecified atom stereocenters. The van der Waals surface area contributed by atoms with Crippen LogP contribution in [0, 0.1) is 17.0 Å². The van der Waals surface area contributed by atoms with Gasteiger partial charge in [-0.3, -0.25) is 10.1 Å². The lowest BCUT2D eigenvalue weighted by molar-refractivity contribution is -0.385. The summed E-state index contributed by atoms with van der Waals surface area (Å²) >= 11 is 9.38. The van der Waals surface area contributed by atoms with Crippen molar-refractivity contribution >= 4 is 33.2 Å². The van der Waals surface area contributed by atoms with Gasteiger partial charge >= 0.3 is 0 Å². The van der Waals surface area contributed by atoms with Crippen LogP contribution in [0.3, 0.4) is 0 Å². The Bertz CT molecular complexity index is 661. The van der Waals surface area contributed by atoms with Crippen LogP contribution in [0.1, 0.15) is 11.1 Å². The Morgan fingerprint density at radius 1 is 1.35 bits per heavy atom. The minimum Gasteiger partial charge on any atom is -0.488 e. The number of nitro groups is 1. The van der Waals surface area contributed by atoms with E-state index in [4.69, 9.17) is 16.3 Å². The van der Waals surface area contributed by atoms with E-state index in [1.54, 1.807) is 12.1 Å². The van der Waals surface area contributed by atoms with Gasteiger partial charge in [-0.1, -0.05) is 33.6 Å². The van der Waals surface area contributed by atoms with Crippen LogP contribution in [0.25, 0.3) is 0 Å². The predicted octanol–water partition coefficient (Wildman–Crippen LogP) is 4.90. The average Bonchev–Trinajstić information content (AvgIpc) is 2.38. The molecule has 104 valence electrons. The lowest BCUT2D eigenvalue weighted by Crippen LogP contribution is -2.02. The third-order valence-corrected chi connectivity index (χ3v) is 3.65. The Hall–Kier alpha value is -1.59. The van der Waals surface area contributed by atoms with E-state index in [1.807, 2.05) is 25.1 Å². The molecule has 0 aliphatic carbocycles. The molecule has 2 aromatic rings. The normalized spacial score (nSPS) is 10.3. The topological polar surface area (TPSA) is 52.4 Å². The third kappa shape index (κ3) is 3.29. The Morgan fingerprint density at radius 3 is 2.75 bits per heavy atom. The molecule has 0 aliphatic rings. The van der Waals surface area contributed by atoms with Crippen molar-refractivity contribution in [1.82, 2.24) is 0 Å². The standard InChI is InChI=1S/C14H11BrClNO3/c1-9-7-10(15)5-6-14(9)20-8-11-12(16)3-2-4-13(11)17(18)19/h2-7H,8H2,1H3. The molecule has 6 heteroatoms. The smallest absolute Gasteiger partial charge is 0.277 e. The molecular weight excluding hydrogens is 346 g/mol. The first-order chi connectivity index (χ1) is 9.49. The number of benzene rings is 2. The van der Waals surface area contributed by atoms with Crippen LogP contribution in [0.5, 0.6) is 5.75 Å². The number of nitro benzene ring substituents is 1. The number of rotatable bonds is 4. The predicted molar refractivity (Wildman–Crippen MR) is 81.3 cm³/mol. The summed E-state index contributed by atoms with van der Waals surface area (Å²) in [5.74, 6) is 0.669. The summed E-state index contributed by atoms with van der Waals surface area (Å²) in [6, 6.07) is 10.2. The first-order valence-corrected chi connectivity index (χ1v) is 6.97. The Labute approximate surface area is 129 Å². The highest BCUT2D eigenvalue weighted by Crippen LogP contribution is 2.29. The lowest BCUT2D eigenvalue weighted by Gasteiger charge is -2.10. The molecular formula is C14H11BrClNO3. The highest BCUT2D eigenvalue weighted by Gasteiger charge is 2.17. The van der Waals surface area contributed by atoms with Crippen molar-refractivity contribution in [2.45, 2.75) is 13.5 Å². The molecule has 0 saturated carbocycles. The zero-order valence-electron chi connectivity index (χ0n) is 10.6. The van der Waals surface area contributed by atoms with Crippen LogP contribution >= 0.6 is 27.5 Å². The van der Waals surface area contributed by atoms with Gasteiger partial charge in [-0.15, -0.1) is 0 Å². The van der Waals surface area contributed by atoms with Crippen LogP contribution in [0.4, 0.5) is 5.69 Å². The molecule has 0 fully saturated rings. The van der Waals surface area contributed by atoms with Crippen molar-refractivity contribution < 1.29 is 9.66 Å². The number of halogens is 2. The van der Waals surface area contributed by atoms with Crippen LogP contribution in [0.15, 0.2) is 40.9 Å². The molecule has 0 atom stereocenters. The number of hydrogen-bond donors (Lipinski definition) is 0. The van der Waals surface area contributed by atoms with Gasteiger partial charge in [0.2, 0.25) is 0 Å². The zero-order chi connectivity index (χ0) is 14.7. The number of nitrogens with zero attached hydrogens (tertiary/aromatic N) is 1. The van der Waals surface area contributed by atoms with E-state index in [-0.39, 0.29) is 12.3 Å². The van der Waals surface area contributed by atoms with Crippen LogP contribution in [-0.4, -0.2) is 4.92 Å². The summed E-state index contributed by atoms with van der Waals surface area (Å²) in [6.07, 6.45) is 0. The van der Waals surface area contributed by atoms with E-state index in [9.17, 15) is 10.1 Å². The summed E-state index contributed by atoms with van der Waals surface area (Å²) in [5, 5.41) is 11.3. The minimum atomic E-state index is -0.459. The molecule has 0 aromatic heterocycles. The molecule has 0 radical (unpaired) electrons. The number of hydrogen-bond acceptors (Lipinski definition) is 3. The van der Waals surface area contributed by atoms with Gasteiger partial charge in [-0.05, 0) is 36.8 Å². The van der Waals surface area contributed by atoms with Gasteiger partial charge < -0.3 is 4.74 Å². The van der Waals surface area contributed by atoms with E-state index in [1.165, 1.54) is 6.07 Å². The van der Waals surface area contributed by atoms with E-state index in [0.29, 0.717) is 16.3 Å². The van der Waals surface area contributed by atoms with Gasteiger partial charge in [0.05, 0.1) is 15.5 Å². The van der Waals surface area contributed by atoms with E-state index >= 15 is 0 Å². The summed E-state index contributed by atoms with van der Waals surface area (Å²) in [4.78, 5) is 10.5.